The maximum absolute atomic E-state index is 9.51. The van der Waals surface area contributed by atoms with Gasteiger partial charge in [0, 0.05) is 12.6 Å². The minimum atomic E-state index is -0.641. The predicted octanol–water partition coefficient (Wildman–Crippen LogP) is 2.57. The maximum atomic E-state index is 9.51. The van der Waals surface area contributed by atoms with Crippen molar-refractivity contribution in [1.82, 2.24) is 9.78 Å². The maximum Gasteiger partial charge on any atom is 0.129 e. The van der Waals surface area contributed by atoms with E-state index in [0.29, 0.717) is 13.0 Å². The van der Waals surface area contributed by atoms with Gasteiger partial charge in [0.15, 0.2) is 0 Å². The molecule has 0 aliphatic heterocycles. The second kappa shape index (κ2) is 4.11. The molecule has 0 aliphatic carbocycles. The summed E-state index contributed by atoms with van der Waals surface area (Å²) in [5.41, 5.74) is -0.641. The summed E-state index contributed by atoms with van der Waals surface area (Å²) in [5, 5.41) is 13.7. The minimum Gasteiger partial charge on any atom is -0.390 e. The van der Waals surface area contributed by atoms with Crippen molar-refractivity contribution < 1.29 is 5.11 Å². The third-order valence-electron chi connectivity index (χ3n) is 1.64. The smallest absolute Gasteiger partial charge is 0.129 e. The van der Waals surface area contributed by atoms with Gasteiger partial charge in [-0.2, -0.15) is 5.10 Å². The molecule has 0 fully saturated rings. The second-order valence-corrected chi connectivity index (χ2v) is 5.20. The van der Waals surface area contributed by atoms with Gasteiger partial charge in [-0.05, 0) is 52.1 Å². The Morgan fingerprint density at radius 3 is 2.54 bits per heavy atom. The summed E-state index contributed by atoms with van der Waals surface area (Å²) in [7, 11) is 0. The molecule has 13 heavy (non-hydrogen) atoms. The highest BCUT2D eigenvalue weighted by Crippen LogP contribution is 2.18. The Morgan fingerprint density at radius 1 is 1.54 bits per heavy atom. The summed E-state index contributed by atoms with van der Waals surface area (Å²) in [6, 6.07) is 1.88. The molecule has 0 atom stereocenters. The van der Waals surface area contributed by atoms with Crippen molar-refractivity contribution in [1.29, 1.82) is 0 Å². The number of aromatic nitrogens is 2. The first-order chi connectivity index (χ1) is 5.88. The van der Waals surface area contributed by atoms with Crippen LogP contribution in [0.3, 0.4) is 0 Å². The Bertz CT molecular complexity index is 291. The quantitative estimate of drug-likeness (QED) is 0.931. The largest absolute Gasteiger partial charge is 0.390 e. The van der Waals surface area contributed by atoms with E-state index in [1.165, 1.54) is 0 Å². The van der Waals surface area contributed by atoms with E-state index in [1.54, 1.807) is 13.8 Å². The van der Waals surface area contributed by atoms with Gasteiger partial charge < -0.3 is 5.11 Å². The van der Waals surface area contributed by atoms with Crippen LogP contribution in [0.4, 0.5) is 0 Å². The highest BCUT2D eigenvalue weighted by molar-refractivity contribution is 9.11. The van der Waals surface area contributed by atoms with E-state index >= 15 is 0 Å². The van der Waals surface area contributed by atoms with Crippen molar-refractivity contribution in [3.8, 4) is 0 Å². The summed E-state index contributed by atoms with van der Waals surface area (Å²) < 4.78 is 3.53. The molecule has 0 unspecified atom stereocenters. The first kappa shape index (κ1) is 11.2. The molecule has 74 valence electrons. The molecule has 1 aromatic heterocycles. The number of aryl methyl sites for hydroxylation is 1. The van der Waals surface area contributed by atoms with E-state index in [4.69, 9.17) is 0 Å². The van der Waals surface area contributed by atoms with Gasteiger partial charge in [0.1, 0.15) is 9.21 Å². The van der Waals surface area contributed by atoms with Crippen LogP contribution in [0, 0.1) is 0 Å². The Balaban J connectivity index is 2.59. The standard InChI is InChI=1S/C8H12Br2N2O/c1-8(2,13)3-4-12-7(10)5-6(9)11-12/h5,13H,3-4H2,1-2H3. The molecule has 1 heterocycles. The molecule has 1 rings (SSSR count). The van der Waals surface area contributed by atoms with Crippen LogP contribution in [-0.4, -0.2) is 20.5 Å². The zero-order valence-electron chi connectivity index (χ0n) is 7.59. The fraction of sp³-hybridized carbons (Fsp3) is 0.625. The lowest BCUT2D eigenvalue weighted by molar-refractivity contribution is 0.0648. The van der Waals surface area contributed by atoms with Crippen molar-refractivity contribution in [2.75, 3.05) is 0 Å². The number of hydrogen-bond acceptors (Lipinski definition) is 2. The molecule has 0 radical (unpaired) electrons. The summed E-state index contributed by atoms with van der Waals surface area (Å²) in [4.78, 5) is 0. The average Bonchev–Trinajstić information content (AvgIpc) is 2.24. The zero-order valence-corrected chi connectivity index (χ0v) is 10.8. The Hall–Kier alpha value is 0.130. The molecule has 0 aliphatic rings. The summed E-state index contributed by atoms with van der Waals surface area (Å²) in [6.45, 7) is 4.29. The van der Waals surface area contributed by atoms with Crippen molar-refractivity contribution in [3.05, 3.63) is 15.3 Å². The summed E-state index contributed by atoms with van der Waals surface area (Å²) >= 11 is 6.65. The Kier molecular flexibility index (Phi) is 3.54. The topological polar surface area (TPSA) is 38.0 Å². The fourth-order valence-electron chi connectivity index (χ4n) is 0.901. The number of hydrogen-bond donors (Lipinski definition) is 1. The van der Waals surface area contributed by atoms with Gasteiger partial charge in [0.05, 0.1) is 5.60 Å². The average molecular weight is 312 g/mol. The number of nitrogens with zero attached hydrogens (tertiary/aromatic N) is 2. The molecule has 0 saturated heterocycles. The molecule has 1 aromatic rings. The van der Waals surface area contributed by atoms with E-state index < -0.39 is 5.60 Å². The van der Waals surface area contributed by atoms with Gasteiger partial charge in [0.2, 0.25) is 0 Å². The predicted molar refractivity (Wildman–Crippen MR) is 58.5 cm³/mol. The third kappa shape index (κ3) is 3.79. The molecule has 0 bridgehead atoms. The Morgan fingerprint density at radius 2 is 2.15 bits per heavy atom. The van der Waals surface area contributed by atoms with E-state index in [-0.39, 0.29) is 0 Å². The summed E-state index contributed by atoms with van der Waals surface area (Å²) in [5.74, 6) is 0. The lowest BCUT2D eigenvalue weighted by Crippen LogP contribution is -2.21. The summed E-state index contributed by atoms with van der Waals surface area (Å²) in [6.07, 6.45) is 0.680. The van der Waals surface area contributed by atoms with E-state index in [9.17, 15) is 5.11 Å². The van der Waals surface area contributed by atoms with E-state index in [2.05, 4.69) is 37.0 Å². The molecular weight excluding hydrogens is 300 g/mol. The first-order valence-corrected chi connectivity index (χ1v) is 5.58. The first-order valence-electron chi connectivity index (χ1n) is 4.00. The zero-order chi connectivity index (χ0) is 10.1. The molecule has 1 N–H and O–H groups in total. The second-order valence-electron chi connectivity index (χ2n) is 3.58. The van der Waals surface area contributed by atoms with Crippen molar-refractivity contribution in [2.24, 2.45) is 0 Å². The monoisotopic (exact) mass is 310 g/mol. The molecule has 0 spiro atoms. The van der Waals surface area contributed by atoms with Crippen LogP contribution in [0.2, 0.25) is 0 Å². The van der Waals surface area contributed by atoms with Crippen molar-refractivity contribution >= 4 is 31.9 Å². The fourth-order valence-corrected chi connectivity index (χ4v) is 2.09. The molecule has 0 saturated carbocycles. The van der Waals surface area contributed by atoms with Gasteiger partial charge in [-0.25, -0.2) is 0 Å². The third-order valence-corrected chi connectivity index (χ3v) is 2.66. The van der Waals surface area contributed by atoms with Gasteiger partial charge in [0.25, 0.3) is 0 Å². The number of rotatable bonds is 3. The van der Waals surface area contributed by atoms with Gasteiger partial charge in [-0.15, -0.1) is 0 Å². The van der Waals surface area contributed by atoms with Crippen LogP contribution in [0.15, 0.2) is 15.3 Å². The number of halogens is 2. The van der Waals surface area contributed by atoms with Crippen LogP contribution in [0.1, 0.15) is 20.3 Å². The molecule has 0 aromatic carbocycles. The Labute approximate surface area is 94.4 Å². The normalized spacial score (nSPS) is 12.1. The lowest BCUT2D eigenvalue weighted by atomic mass is 10.1. The minimum absolute atomic E-state index is 0.641. The van der Waals surface area contributed by atoms with Crippen LogP contribution in [0.25, 0.3) is 0 Å². The molecular formula is C8H12Br2N2O. The van der Waals surface area contributed by atoms with Gasteiger partial charge in [-0.1, -0.05) is 0 Å². The molecule has 0 amide bonds. The van der Waals surface area contributed by atoms with Crippen LogP contribution >= 0.6 is 31.9 Å². The van der Waals surface area contributed by atoms with Crippen LogP contribution in [0.5, 0.6) is 0 Å². The van der Waals surface area contributed by atoms with Crippen LogP contribution in [-0.2, 0) is 6.54 Å². The van der Waals surface area contributed by atoms with E-state index in [0.717, 1.165) is 9.21 Å². The SMILES string of the molecule is CC(C)(O)CCn1nc(Br)cc1Br. The van der Waals surface area contributed by atoms with E-state index in [1.807, 2.05) is 10.7 Å². The van der Waals surface area contributed by atoms with Gasteiger partial charge >= 0.3 is 0 Å². The number of aliphatic hydroxyl groups is 1. The molecule has 3 nitrogen and oxygen atoms in total. The van der Waals surface area contributed by atoms with Gasteiger partial charge in [-0.3, -0.25) is 4.68 Å². The molecule has 5 heteroatoms. The van der Waals surface area contributed by atoms with Crippen molar-refractivity contribution in [3.63, 3.8) is 0 Å². The van der Waals surface area contributed by atoms with Crippen molar-refractivity contribution in [2.45, 2.75) is 32.4 Å². The lowest BCUT2D eigenvalue weighted by Gasteiger charge is -2.16. The highest BCUT2D eigenvalue weighted by Gasteiger charge is 2.13. The van der Waals surface area contributed by atoms with Crippen LogP contribution < -0.4 is 0 Å². The highest BCUT2D eigenvalue weighted by atomic mass is 79.9.